The highest BCUT2D eigenvalue weighted by Gasteiger charge is 2.09. The Balaban J connectivity index is 2.82. The number of nitrogens with two attached hydrogens (primary N) is 1. The summed E-state index contributed by atoms with van der Waals surface area (Å²) >= 11 is 0. The molecule has 2 heteroatoms. The zero-order valence-electron chi connectivity index (χ0n) is 8.08. The summed E-state index contributed by atoms with van der Waals surface area (Å²) in [4.78, 5) is 10.7. The van der Waals surface area contributed by atoms with Gasteiger partial charge in [0.25, 0.3) is 0 Å². The van der Waals surface area contributed by atoms with Crippen molar-refractivity contribution in [3.8, 4) is 0 Å². The van der Waals surface area contributed by atoms with Gasteiger partial charge in [-0.3, -0.25) is 4.79 Å². The van der Waals surface area contributed by atoms with E-state index in [1.807, 2.05) is 38.1 Å². The van der Waals surface area contributed by atoms with Crippen LogP contribution in [0.15, 0.2) is 24.3 Å². The van der Waals surface area contributed by atoms with E-state index in [-0.39, 0.29) is 11.8 Å². The van der Waals surface area contributed by atoms with Gasteiger partial charge in [0.1, 0.15) is 0 Å². The summed E-state index contributed by atoms with van der Waals surface area (Å²) < 4.78 is 0. The molecule has 0 aromatic heterocycles. The molecule has 0 spiro atoms. The van der Waals surface area contributed by atoms with Crippen LogP contribution in [0.3, 0.4) is 0 Å². The van der Waals surface area contributed by atoms with Crippen molar-refractivity contribution in [1.29, 1.82) is 0 Å². The van der Waals surface area contributed by atoms with Gasteiger partial charge < -0.3 is 5.73 Å². The highest BCUT2D eigenvalue weighted by Crippen LogP contribution is 2.21. The van der Waals surface area contributed by atoms with E-state index in [4.69, 9.17) is 5.73 Å². The average Bonchev–Trinajstić information content (AvgIpc) is 2.03. The summed E-state index contributed by atoms with van der Waals surface area (Å²) in [5.74, 6) is -0.0190. The van der Waals surface area contributed by atoms with Crippen LogP contribution in [-0.4, -0.2) is 5.91 Å². The minimum absolute atomic E-state index is 0.221. The van der Waals surface area contributed by atoms with Crippen molar-refractivity contribution in [2.45, 2.75) is 26.2 Å². The van der Waals surface area contributed by atoms with E-state index >= 15 is 0 Å². The Morgan fingerprint density at radius 1 is 1.46 bits per heavy atom. The van der Waals surface area contributed by atoms with E-state index < -0.39 is 0 Å². The number of benzene rings is 1. The summed E-state index contributed by atoms with van der Waals surface area (Å²) in [5, 5.41) is 0. The fourth-order valence-electron chi connectivity index (χ4n) is 1.55. The van der Waals surface area contributed by atoms with E-state index in [0.717, 1.165) is 0 Å². The molecule has 1 unspecified atom stereocenters. The van der Waals surface area contributed by atoms with Crippen LogP contribution < -0.4 is 5.73 Å². The van der Waals surface area contributed by atoms with E-state index in [9.17, 15) is 4.79 Å². The van der Waals surface area contributed by atoms with E-state index in [0.29, 0.717) is 6.42 Å². The van der Waals surface area contributed by atoms with Gasteiger partial charge >= 0.3 is 0 Å². The topological polar surface area (TPSA) is 43.1 Å². The van der Waals surface area contributed by atoms with Gasteiger partial charge in [-0.25, -0.2) is 0 Å². The van der Waals surface area contributed by atoms with Crippen LogP contribution in [0.2, 0.25) is 0 Å². The summed E-state index contributed by atoms with van der Waals surface area (Å²) in [5.41, 5.74) is 7.57. The summed E-state index contributed by atoms with van der Waals surface area (Å²) in [6.07, 6.45) is 0.421. The number of amides is 1. The Morgan fingerprint density at radius 2 is 2.08 bits per heavy atom. The van der Waals surface area contributed by atoms with Crippen molar-refractivity contribution in [2.75, 3.05) is 0 Å². The second-order valence-electron chi connectivity index (χ2n) is 3.43. The minimum atomic E-state index is -0.240. The third-order valence-electron chi connectivity index (χ3n) is 2.23. The molecule has 1 aromatic rings. The molecule has 0 heterocycles. The number of carbonyl (C=O) groups is 1. The monoisotopic (exact) mass is 177 g/mol. The van der Waals surface area contributed by atoms with Gasteiger partial charge in [-0.1, -0.05) is 31.2 Å². The maximum absolute atomic E-state index is 10.7. The van der Waals surface area contributed by atoms with Crippen LogP contribution >= 0.6 is 0 Å². The Bertz CT molecular complexity index is 307. The lowest BCUT2D eigenvalue weighted by Crippen LogP contribution is -2.14. The quantitative estimate of drug-likeness (QED) is 0.753. The lowest BCUT2D eigenvalue weighted by atomic mass is 9.94. The van der Waals surface area contributed by atoms with Gasteiger partial charge in [0, 0.05) is 6.42 Å². The maximum Gasteiger partial charge on any atom is 0.218 e. The van der Waals surface area contributed by atoms with Crippen molar-refractivity contribution < 1.29 is 4.79 Å². The predicted octanol–water partition coefficient (Wildman–Crippen LogP) is 1.97. The van der Waals surface area contributed by atoms with Crippen LogP contribution in [0.25, 0.3) is 0 Å². The molecule has 0 aliphatic heterocycles. The molecule has 0 saturated carbocycles. The molecular formula is C11H15NO. The number of primary amides is 1. The van der Waals surface area contributed by atoms with Crippen molar-refractivity contribution in [3.63, 3.8) is 0 Å². The molecule has 1 amide bonds. The van der Waals surface area contributed by atoms with Crippen LogP contribution in [0.1, 0.15) is 30.4 Å². The molecule has 13 heavy (non-hydrogen) atoms. The molecule has 0 aliphatic rings. The molecular weight excluding hydrogens is 162 g/mol. The van der Waals surface area contributed by atoms with Gasteiger partial charge in [0.2, 0.25) is 5.91 Å². The minimum Gasteiger partial charge on any atom is -0.370 e. The molecule has 1 rings (SSSR count). The fraction of sp³-hybridized carbons (Fsp3) is 0.364. The van der Waals surface area contributed by atoms with Crippen molar-refractivity contribution in [3.05, 3.63) is 35.4 Å². The number of hydrogen-bond acceptors (Lipinski definition) is 1. The van der Waals surface area contributed by atoms with E-state index in [1.54, 1.807) is 0 Å². The first kappa shape index (κ1) is 9.78. The van der Waals surface area contributed by atoms with E-state index in [1.165, 1.54) is 11.1 Å². The molecule has 1 atom stereocenters. The third kappa shape index (κ3) is 2.58. The van der Waals surface area contributed by atoms with Gasteiger partial charge in [-0.15, -0.1) is 0 Å². The molecule has 2 N–H and O–H groups in total. The molecule has 0 saturated heterocycles. The molecule has 1 aromatic carbocycles. The normalized spacial score (nSPS) is 12.5. The zero-order valence-corrected chi connectivity index (χ0v) is 8.08. The first-order valence-electron chi connectivity index (χ1n) is 4.45. The smallest absolute Gasteiger partial charge is 0.218 e. The lowest BCUT2D eigenvalue weighted by Gasteiger charge is -2.12. The second-order valence-corrected chi connectivity index (χ2v) is 3.43. The predicted molar refractivity (Wildman–Crippen MR) is 53.4 cm³/mol. The molecule has 0 bridgehead atoms. The van der Waals surface area contributed by atoms with Crippen molar-refractivity contribution >= 4 is 5.91 Å². The number of rotatable bonds is 3. The van der Waals surface area contributed by atoms with Gasteiger partial charge in [0.05, 0.1) is 0 Å². The summed E-state index contributed by atoms with van der Waals surface area (Å²) in [6.45, 7) is 4.07. The first-order valence-corrected chi connectivity index (χ1v) is 4.45. The Labute approximate surface area is 78.8 Å². The van der Waals surface area contributed by atoms with Gasteiger partial charge in [-0.05, 0) is 24.0 Å². The largest absolute Gasteiger partial charge is 0.370 e. The fourth-order valence-corrected chi connectivity index (χ4v) is 1.55. The van der Waals surface area contributed by atoms with Crippen molar-refractivity contribution in [2.24, 2.45) is 5.73 Å². The van der Waals surface area contributed by atoms with Crippen LogP contribution in [-0.2, 0) is 4.79 Å². The lowest BCUT2D eigenvalue weighted by molar-refractivity contribution is -0.118. The van der Waals surface area contributed by atoms with Crippen LogP contribution in [0.5, 0.6) is 0 Å². The number of aryl methyl sites for hydroxylation is 1. The SMILES string of the molecule is Cc1ccccc1C(C)CC(N)=O. The summed E-state index contributed by atoms with van der Waals surface area (Å²) in [6, 6.07) is 8.07. The molecule has 0 fully saturated rings. The molecule has 0 radical (unpaired) electrons. The van der Waals surface area contributed by atoms with Gasteiger partial charge in [0.15, 0.2) is 0 Å². The average molecular weight is 177 g/mol. The van der Waals surface area contributed by atoms with Gasteiger partial charge in [-0.2, -0.15) is 0 Å². The van der Waals surface area contributed by atoms with Crippen molar-refractivity contribution in [1.82, 2.24) is 0 Å². The first-order chi connectivity index (χ1) is 6.11. The number of hydrogen-bond donors (Lipinski definition) is 1. The number of carbonyl (C=O) groups excluding carboxylic acids is 1. The Kier molecular flexibility index (Phi) is 3.07. The highest BCUT2D eigenvalue weighted by molar-refractivity contribution is 5.74. The third-order valence-corrected chi connectivity index (χ3v) is 2.23. The molecule has 2 nitrogen and oxygen atoms in total. The van der Waals surface area contributed by atoms with E-state index in [2.05, 4.69) is 0 Å². The molecule has 70 valence electrons. The van der Waals surface area contributed by atoms with Crippen LogP contribution in [0.4, 0.5) is 0 Å². The standard InChI is InChI=1S/C11H15NO/c1-8-5-3-4-6-10(8)9(2)7-11(12)13/h3-6,9H,7H2,1-2H3,(H2,12,13). The Hall–Kier alpha value is -1.31. The summed E-state index contributed by atoms with van der Waals surface area (Å²) in [7, 11) is 0. The Morgan fingerprint density at radius 3 is 2.62 bits per heavy atom. The second kappa shape index (κ2) is 4.08. The maximum atomic E-state index is 10.7. The molecule has 0 aliphatic carbocycles. The highest BCUT2D eigenvalue weighted by atomic mass is 16.1. The zero-order chi connectivity index (χ0) is 9.84. The van der Waals surface area contributed by atoms with Crippen LogP contribution in [0, 0.1) is 6.92 Å².